The van der Waals surface area contributed by atoms with Crippen molar-refractivity contribution in [3.63, 3.8) is 0 Å². The molecule has 1 heterocycles. The first-order valence-electron chi connectivity index (χ1n) is 6.05. The first-order valence-corrected chi connectivity index (χ1v) is 7.66. The Kier molecular flexibility index (Phi) is 3.90. The van der Waals surface area contributed by atoms with Crippen molar-refractivity contribution in [1.29, 1.82) is 0 Å². The van der Waals surface area contributed by atoms with Gasteiger partial charge in [-0.3, -0.25) is 0 Å². The zero-order valence-electron chi connectivity index (χ0n) is 10.7. The minimum absolute atomic E-state index is 0.241. The van der Waals surface area contributed by atoms with Crippen LogP contribution >= 0.6 is 27.7 Å². The molecule has 0 saturated carbocycles. The fourth-order valence-corrected chi connectivity index (χ4v) is 3.54. The van der Waals surface area contributed by atoms with Crippen molar-refractivity contribution in [3.8, 4) is 0 Å². The maximum absolute atomic E-state index is 11.1. The van der Waals surface area contributed by atoms with E-state index in [2.05, 4.69) is 25.9 Å². The molecule has 1 aromatic heterocycles. The highest BCUT2D eigenvalue weighted by Gasteiger charge is 2.10. The van der Waals surface area contributed by atoms with Gasteiger partial charge in [0.2, 0.25) is 0 Å². The van der Waals surface area contributed by atoms with E-state index in [0.29, 0.717) is 0 Å². The van der Waals surface area contributed by atoms with Crippen molar-refractivity contribution in [2.24, 2.45) is 0 Å². The third-order valence-electron chi connectivity index (χ3n) is 2.84. The largest absolute Gasteiger partial charge is 0.478 e. The van der Waals surface area contributed by atoms with Crippen LogP contribution in [0.1, 0.15) is 10.4 Å². The summed E-state index contributed by atoms with van der Waals surface area (Å²) in [4.78, 5) is 20.4. The summed E-state index contributed by atoms with van der Waals surface area (Å²) in [5.41, 5.74) is 1.11. The molecule has 0 spiro atoms. The second kappa shape index (κ2) is 5.83. The standard InChI is InChI=1S/C15H9BrN2O2S/c16-10-5-9(15(19)20)6-11(7-10)21-14-12-3-1-2-4-13(12)17-8-18-14/h1-8H,(H,19,20). The Balaban J connectivity index is 2.05. The van der Waals surface area contributed by atoms with E-state index >= 15 is 0 Å². The molecule has 0 fully saturated rings. The molecule has 104 valence electrons. The predicted molar refractivity (Wildman–Crippen MR) is 84.8 cm³/mol. The predicted octanol–water partition coefficient (Wildman–Crippen LogP) is 4.24. The summed E-state index contributed by atoms with van der Waals surface area (Å²) in [7, 11) is 0. The lowest BCUT2D eigenvalue weighted by Crippen LogP contribution is -1.96. The Bertz CT molecular complexity index is 834. The van der Waals surface area contributed by atoms with Crippen molar-refractivity contribution < 1.29 is 9.90 Å². The van der Waals surface area contributed by atoms with Gasteiger partial charge in [0, 0.05) is 14.8 Å². The lowest BCUT2D eigenvalue weighted by molar-refractivity contribution is 0.0696. The Hall–Kier alpha value is -1.92. The minimum Gasteiger partial charge on any atom is -0.478 e. The normalized spacial score (nSPS) is 10.7. The summed E-state index contributed by atoms with van der Waals surface area (Å²) in [6.07, 6.45) is 1.51. The second-order valence-corrected chi connectivity index (χ2v) is 6.26. The molecule has 4 nitrogen and oxygen atoms in total. The zero-order valence-corrected chi connectivity index (χ0v) is 13.1. The van der Waals surface area contributed by atoms with Crippen LogP contribution in [-0.4, -0.2) is 21.0 Å². The number of para-hydroxylation sites is 1. The monoisotopic (exact) mass is 360 g/mol. The van der Waals surface area contributed by atoms with Gasteiger partial charge in [0.15, 0.2) is 0 Å². The van der Waals surface area contributed by atoms with E-state index in [0.717, 1.165) is 25.3 Å². The van der Waals surface area contributed by atoms with Crippen molar-refractivity contribution in [3.05, 3.63) is 58.8 Å². The van der Waals surface area contributed by atoms with E-state index in [-0.39, 0.29) is 5.56 Å². The molecule has 0 bridgehead atoms. The van der Waals surface area contributed by atoms with Crippen LogP contribution in [0, 0.1) is 0 Å². The quantitative estimate of drug-likeness (QED) is 0.707. The topological polar surface area (TPSA) is 63.1 Å². The van der Waals surface area contributed by atoms with Gasteiger partial charge in [-0.1, -0.05) is 45.9 Å². The van der Waals surface area contributed by atoms with Gasteiger partial charge in [-0.15, -0.1) is 0 Å². The number of aromatic carboxylic acids is 1. The molecule has 2 aromatic carbocycles. The van der Waals surface area contributed by atoms with Gasteiger partial charge >= 0.3 is 5.97 Å². The summed E-state index contributed by atoms with van der Waals surface area (Å²) in [5, 5.41) is 10.9. The molecular formula is C15H9BrN2O2S. The van der Waals surface area contributed by atoms with E-state index in [1.807, 2.05) is 30.3 Å². The van der Waals surface area contributed by atoms with Crippen LogP contribution in [-0.2, 0) is 0 Å². The van der Waals surface area contributed by atoms with E-state index < -0.39 is 5.97 Å². The van der Waals surface area contributed by atoms with E-state index in [4.69, 9.17) is 5.11 Å². The van der Waals surface area contributed by atoms with Crippen molar-refractivity contribution in [2.75, 3.05) is 0 Å². The van der Waals surface area contributed by atoms with Crippen LogP contribution < -0.4 is 0 Å². The number of aromatic nitrogens is 2. The number of carbonyl (C=O) groups is 1. The van der Waals surface area contributed by atoms with Crippen molar-refractivity contribution >= 4 is 44.6 Å². The number of rotatable bonds is 3. The molecule has 1 N–H and O–H groups in total. The average molecular weight is 361 g/mol. The lowest BCUT2D eigenvalue weighted by atomic mass is 10.2. The SMILES string of the molecule is O=C(O)c1cc(Br)cc(Sc2ncnc3ccccc23)c1. The van der Waals surface area contributed by atoms with Crippen LogP contribution in [0.2, 0.25) is 0 Å². The Morgan fingerprint density at radius 1 is 1.14 bits per heavy atom. The van der Waals surface area contributed by atoms with Gasteiger partial charge in [0.05, 0.1) is 11.1 Å². The molecule has 21 heavy (non-hydrogen) atoms. The maximum Gasteiger partial charge on any atom is 0.335 e. The average Bonchev–Trinajstić information content (AvgIpc) is 2.47. The van der Waals surface area contributed by atoms with E-state index in [1.54, 1.807) is 12.1 Å². The molecule has 3 rings (SSSR count). The van der Waals surface area contributed by atoms with Gasteiger partial charge < -0.3 is 5.11 Å². The number of hydrogen-bond acceptors (Lipinski definition) is 4. The fraction of sp³-hybridized carbons (Fsp3) is 0. The first kappa shape index (κ1) is 14.0. The highest BCUT2D eigenvalue weighted by molar-refractivity contribution is 9.10. The third kappa shape index (κ3) is 3.06. The summed E-state index contributed by atoms with van der Waals surface area (Å²) < 4.78 is 0.725. The van der Waals surface area contributed by atoms with Gasteiger partial charge in [-0.25, -0.2) is 14.8 Å². The van der Waals surface area contributed by atoms with Crippen LogP contribution in [0.15, 0.2) is 63.2 Å². The van der Waals surface area contributed by atoms with Gasteiger partial charge in [0.1, 0.15) is 11.4 Å². The molecule has 0 amide bonds. The highest BCUT2D eigenvalue weighted by atomic mass is 79.9. The van der Waals surface area contributed by atoms with Gasteiger partial charge in [0.25, 0.3) is 0 Å². The molecule has 3 aromatic rings. The molecular weight excluding hydrogens is 352 g/mol. The summed E-state index contributed by atoms with van der Waals surface area (Å²) in [6.45, 7) is 0. The number of nitrogens with zero attached hydrogens (tertiary/aromatic N) is 2. The first-order chi connectivity index (χ1) is 10.1. The van der Waals surface area contributed by atoms with Crippen LogP contribution in [0.25, 0.3) is 10.9 Å². The summed E-state index contributed by atoms with van der Waals surface area (Å²) >= 11 is 4.75. The van der Waals surface area contributed by atoms with Crippen molar-refractivity contribution in [2.45, 2.75) is 9.92 Å². The molecule has 0 radical (unpaired) electrons. The lowest BCUT2D eigenvalue weighted by Gasteiger charge is -2.06. The van der Waals surface area contributed by atoms with Crippen LogP contribution in [0.5, 0.6) is 0 Å². The summed E-state index contributed by atoms with van der Waals surface area (Å²) in [5.74, 6) is -0.953. The molecule has 0 unspecified atom stereocenters. The molecule has 0 aliphatic carbocycles. The highest BCUT2D eigenvalue weighted by Crippen LogP contribution is 2.33. The zero-order chi connectivity index (χ0) is 14.8. The van der Waals surface area contributed by atoms with Crippen LogP contribution in [0.3, 0.4) is 0 Å². The fourth-order valence-electron chi connectivity index (χ4n) is 1.92. The Morgan fingerprint density at radius 2 is 1.95 bits per heavy atom. The number of hydrogen-bond donors (Lipinski definition) is 1. The van der Waals surface area contributed by atoms with Crippen LogP contribution in [0.4, 0.5) is 0 Å². The number of carboxylic acid groups (broad SMARTS) is 1. The molecule has 0 aliphatic rings. The number of fused-ring (bicyclic) bond motifs is 1. The molecule has 0 saturated heterocycles. The Morgan fingerprint density at radius 3 is 2.76 bits per heavy atom. The van der Waals surface area contributed by atoms with E-state index in [1.165, 1.54) is 18.1 Å². The Labute approximate surface area is 133 Å². The maximum atomic E-state index is 11.1. The minimum atomic E-state index is -0.953. The third-order valence-corrected chi connectivity index (χ3v) is 4.29. The second-order valence-electron chi connectivity index (χ2n) is 4.28. The number of halogens is 1. The molecule has 6 heteroatoms. The smallest absolute Gasteiger partial charge is 0.335 e. The van der Waals surface area contributed by atoms with Gasteiger partial charge in [-0.05, 0) is 24.3 Å². The van der Waals surface area contributed by atoms with Gasteiger partial charge in [-0.2, -0.15) is 0 Å². The molecule has 0 atom stereocenters. The van der Waals surface area contributed by atoms with Crippen molar-refractivity contribution in [1.82, 2.24) is 9.97 Å². The number of benzene rings is 2. The molecule has 0 aliphatic heterocycles. The number of carboxylic acids is 1. The van der Waals surface area contributed by atoms with E-state index in [9.17, 15) is 4.79 Å². The summed E-state index contributed by atoms with van der Waals surface area (Å²) in [6, 6.07) is 12.8.